The number of carbonyl (C=O) groups is 1. The molecule has 0 aliphatic rings. The molecule has 0 aromatic heterocycles. The number of rotatable bonds is 6. The molecule has 0 unspecified atom stereocenters. The van der Waals surface area contributed by atoms with E-state index in [9.17, 15) is 14.9 Å². The van der Waals surface area contributed by atoms with Gasteiger partial charge in [-0.2, -0.15) is 0 Å². The summed E-state index contributed by atoms with van der Waals surface area (Å²) in [7, 11) is 0. The van der Waals surface area contributed by atoms with Crippen LogP contribution in [0.1, 0.15) is 23.7 Å². The van der Waals surface area contributed by atoms with Gasteiger partial charge in [-0.25, -0.2) is 4.79 Å². The third kappa shape index (κ3) is 3.58. The Kier molecular flexibility index (Phi) is 4.42. The van der Waals surface area contributed by atoms with E-state index in [4.69, 9.17) is 9.84 Å². The molecular formula is C12H13NO5. The molecule has 6 nitrogen and oxygen atoms in total. The minimum atomic E-state index is -1.35. The van der Waals surface area contributed by atoms with Gasteiger partial charge in [0.05, 0.1) is 11.5 Å². The van der Waals surface area contributed by atoms with Crippen molar-refractivity contribution in [3.05, 3.63) is 46.0 Å². The molecule has 0 aliphatic carbocycles. The Bertz CT molecular complexity index is 495. The van der Waals surface area contributed by atoms with E-state index in [1.54, 1.807) is 0 Å². The number of aromatic carboxylic acids is 1. The zero-order chi connectivity index (χ0) is 13.7. The van der Waals surface area contributed by atoms with Crippen molar-refractivity contribution >= 4 is 11.7 Å². The molecule has 0 aliphatic heterocycles. The summed E-state index contributed by atoms with van der Waals surface area (Å²) in [5.74, 6) is -1.06. The van der Waals surface area contributed by atoms with Gasteiger partial charge in [0.1, 0.15) is 11.3 Å². The number of nitro benzene ring substituents is 1. The molecule has 0 amide bonds. The standard InChI is InChI=1S/C12H13NO5/c1-8(2)5-6-18-9-3-4-11(13(16)17)10(7-9)12(14)15/h3-4,7H,1,5-6H2,2H3,(H,14,15). The van der Waals surface area contributed by atoms with Gasteiger partial charge in [-0.3, -0.25) is 10.1 Å². The molecule has 96 valence electrons. The Morgan fingerprint density at radius 3 is 2.72 bits per heavy atom. The highest BCUT2D eigenvalue weighted by molar-refractivity contribution is 5.92. The zero-order valence-corrected chi connectivity index (χ0v) is 9.88. The van der Waals surface area contributed by atoms with Crippen LogP contribution in [0.4, 0.5) is 5.69 Å². The normalized spacial score (nSPS) is 9.83. The van der Waals surface area contributed by atoms with E-state index in [2.05, 4.69) is 6.58 Å². The molecule has 0 radical (unpaired) electrons. The van der Waals surface area contributed by atoms with Crippen LogP contribution in [0.2, 0.25) is 0 Å². The van der Waals surface area contributed by atoms with Crippen LogP contribution >= 0.6 is 0 Å². The molecule has 1 N–H and O–H groups in total. The Balaban J connectivity index is 2.90. The fourth-order valence-electron chi connectivity index (χ4n) is 1.28. The highest BCUT2D eigenvalue weighted by Gasteiger charge is 2.20. The number of nitro groups is 1. The first-order valence-electron chi connectivity index (χ1n) is 5.20. The van der Waals surface area contributed by atoms with Crippen LogP contribution in [-0.4, -0.2) is 22.6 Å². The average Bonchev–Trinajstić information content (AvgIpc) is 2.28. The molecule has 1 aromatic carbocycles. The van der Waals surface area contributed by atoms with Crippen molar-refractivity contribution in [2.75, 3.05) is 6.61 Å². The van der Waals surface area contributed by atoms with E-state index in [0.717, 1.165) is 17.7 Å². The first-order chi connectivity index (χ1) is 8.41. The highest BCUT2D eigenvalue weighted by atomic mass is 16.6. The number of carboxylic acid groups (broad SMARTS) is 1. The van der Waals surface area contributed by atoms with Crippen molar-refractivity contribution in [2.45, 2.75) is 13.3 Å². The lowest BCUT2D eigenvalue weighted by molar-refractivity contribution is -0.385. The lowest BCUT2D eigenvalue weighted by Crippen LogP contribution is -2.04. The number of hydrogen-bond acceptors (Lipinski definition) is 4. The number of ether oxygens (including phenoxy) is 1. The predicted octanol–water partition coefficient (Wildman–Crippen LogP) is 2.64. The third-order valence-corrected chi connectivity index (χ3v) is 2.19. The van der Waals surface area contributed by atoms with Crippen molar-refractivity contribution in [1.82, 2.24) is 0 Å². The smallest absolute Gasteiger partial charge is 0.342 e. The summed E-state index contributed by atoms with van der Waals surface area (Å²) >= 11 is 0. The first-order valence-corrected chi connectivity index (χ1v) is 5.20. The summed E-state index contributed by atoms with van der Waals surface area (Å²) in [6.07, 6.45) is 0.638. The zero-order valence-electron chi connectivity index (χ0n) is 9.88. The number of nitrogens with zero attached hydrogens (tertiary/aromatic N) is 1. The average molecular weight is 251 g/mol. The topological polar surface area (TPSA) is 89.7 Å². The Hall–Kier alpha value is -2.37. The lowest BCUT2D eigenvalue weighted by atomic mass is 10.1. The van der Waals surface area contributed by atoms with Crippen LogP contribution < -0.4 is 4.74 Å². The summed E-state index contributed by atoms with van der Waals surface area (Å²) in [5.41, 5.74) is 0.109. The van der Waals surface area contributed by atoms with Crippen molar-refractivity contribution in [1.29, 1.82) is 0 Å². The molecule has 1 rings (SSSR count). The maximum Gasteiger partial charge on any atom is 0.342 e. The molecule has 6 heteroatoms. The van der Waals surface area contributed by atoms with Gasteiger partial charge < -0.3 is 9.84 Å². The molecular weight excluding hydrogens is 238 g/mol. The van der Waals surface area contributed by atoms with E-state index in [0.29, 0.717) is 18.8 Å². The summed E-state index contributed by atoms with van der Waals surface area (Å²) in [6.45, 7) is 5.91. The molecule has 0 bridgehead atoms. The van der Waals surface area contributed by atoms with Crippen LogP contribution in [0.15, 0.2) is 30.4 Å². The third-order valence-electron chi connectivity index (χ3n) is 2.19. The van der Waals surface area contributed by atoms with Crippen molar-refractivity contribution in [3.8, 4) is 5.75 Å². The molecule has 0 spiro atoms. The molecule has 0 heterocycles. The molecule has 0 saturated carbocycles. The second-order valence-electron chi connectivity index (χ2n) is 3.80. The van der Waals surface area contributed by atoms with Gasteiger partial charge in [0, 0.05) is 18.6 Å². The largest absolute Gasteiger partial charge is 0.493 e. The van der Waals surface area contributed by atoms with E-state index >= 15 is 0 Å². The summed E-state index contributed by atoms with van der Waals surface area (Å²) in [6, 6.07) is 3.65. The van der Waals surface area contributed by atoms with Gasteiger partial charge in [0.15, 0.2) is 0 Å². The van der Waals surface area contributed by atoms with Crippen molar-refractivity contribution in [2.24, 2.45) is 0 Å². The highest BCUT2D eigenvalue weighted by Crippen LogP contribution is 2.24. The molecule has 0 saturated heterocycles. The maximum absolute atomic E-state index is 10.9. The van der Waals surface area contributed by atoms with Gasteiger partial charge in [-0.05, 0) is 13.0 Å². The summed E-state index contributed by atoms with van der Waals surface area (Å²) in [5, 5.41) is 19.5. The van der Waals surface area contributed by atoms with Crippen molar-refractivity contribution < 1.29 is 19.6 Å². The summed E-state index contributed by atoms with van der Waals surface area (Å²) < 4.78 is 5.30. The SMILES string of the molecule is C=C(C)CCOc1ccc([N+](=O)[O-])c(C(=O)O)c1. The number of hydrogen-bond donors (Lipinski definition) is 1. The second-order valence-corrected chi connectivity index (χ2v) is 3.80. The number of carboxylic acids is 1. The van der Waals surface area contributed by atoms with Gasteiger partial charge in [-0.15, -0.1) is 6.58 Å². The van der Waals surface area contributed by atoms with Crippen LogP contribution in [0, 0.1) is 10.1 Å². The predicted molar refractivity (Wildman–Crippen MR) is 65.0 cm³/mol. The number of benzene rings is 1. The van der Waals surface area contributed by atoms with E-state index in [-0.39, 0.29) is 5.56 Å². The second kappa shape index (κ2) is 5.81. The van der Waals surface area contributed by atoms with Gasteiger partial charge in [0.25, 0.3) is 5.69 Å². The minimum absolute atomic E-state index is 0.291. The fraction of sp³-hybridized carbons (Fsp3) is 0.250. The molecule has 1 aromatic rings. The Morgan fingerprint density at radius 2 is 2.22 bits per heavy atom. The van der Waals surface area contributed by atoms with Crippen LogP contribution in [0.3, 0.4) is 0 Å². The molecule has 0 atom stereocenters. The van der Waals surface area contributed by atoms with Crippen LogP contribution in [0.5, 0.6) is 5.75 Å². The van der Waals surface area contributed by atoms with Crippen LogP contribution in [-0.2, 0) is 0 Å². The quantitative estimate of drug-likeness (QED) is 0.477. The summed E-state index contributed by atoms with van der Waals surface area (Å²) in [4.78, 5) is 20.8. The van der Waals surface area contributed by atoms with Gasteiger partial charge in [-0.1, -0.05) is 5.57 Å². The molecule has 0 fully saturated rings. The lowest BCUT2D eigenvalue weighted by Gasteiger charge is -2.06. The van der Waals surface area contributed by atoms with Gasteiger partial charge in [0.2, 0.25) is 0 Å². The van der Waals surface area contributed by atoms with E-state index in [1.807, 2.05) is 6.92 Å². The molecule has 18 heavy (non-hydrogen) atoms. The van der Waals surface area contributed by atoms with Crippen molar-refractivity contribution in [3.63, 3.8) is 0 Å². The first kappa shape index (κ1) is 13.7. The monoisotopic (exact) mass is 251 g/mol. The Morgan fingerprint density at radius 1 is 1.56 bits per heavy atom. The Labute approximate surface area is 104 Å². The van der Waals surface area contributed by atoms with E-state index in [1.165, 1.54) is 6.07 Å². The minimum Gasteiger partial charge on any atom is -0.493 e. The maximum atomic E-state index is 10.9. The van der Waals surface area contributed by atoms with Crippen LogP contribution in [0.25, 0.3) is 0 Å². The van der Waals surface area contributed by atoms with E-state index < -0.39 is 16.6 Å². The fourth-order valence-corrected chi connectivity index (χ4v) is 1.28. The van der Waals surface area contributed by atoms with Gasteiger partial charge >= 0.3 is 5.97 Å².